The summed E-state index contributed by atoms with van der Waals surface area (Å²) in [5.74, 6) is -1.37. The first-order valence-electron chi connectivity index (χ1n) is 12.1. The molecule has 0 saturated heterocycles. The summed E-state index contributed by atoms with van der Waals surface area (Å²) in [5.41, 5.74) is 3.04. The summed E-state index contributed by atoms with van der Waals surface area (Å²) in [5, 5.41) is 9.03. The number of nitriles is 1. The largest absolute Gasteiger partial charge is 0.452 e. The van der Waals surface area contributed by atoms with Gasteiger partial charge in [0.2, 0.25) is 0 Å². The molecule has 0 unspecified atom stereocenters. The van der Waals surface area contributed by atoms with Crippen LogP contribution in [0.1, 0.15) is 70.4 Å². The monoisotopic (exact) mass is 475 g/mol. The van der Waals surface area contributed by atoms with E-state index in [9.17, 15) is 14.4 Å². The second-order valence-corrected chi connectivity index (χ2v) is 9.13. The number of amides is 2. The van der Waals surface area contributed by atoms with Crippen LogP contribution in [0.3, 0.4) is 0 Å². The first-order valence-corrected chi connectivity index (χ1v) is 12.1. The Kier molecular flexibility index (Phi) is 9.02. The van der Waals surface area contributed by atoms with Gasteiger partial charge in [-0.05, 0) is 62.1 Å². The summed E-state index contributed by atoms with van der Waals surface area (Å²) >= 11 is 0. The lowest BCUT2D eigenvalue weighted by Gasteiger charge is -2.31. The van der Waals surface area contributed by atoms with Crippen molar-refractivity contribution in [1.82, 2.24) is 4.90 Å². The third-order valence-electron chi connectivity index (χ3n) is 6.41. The van der Waals surface area contributed by atoms with Gasteiger partial charge in [-0.15, -0.1) is 0 Å². The minimum absolute atomic E-state index is 0.142. The summed E-state index contributed by atoms with van der Waals surface area (Å²) in [6.07, 6.45) is 5.44. The van der Waals surface area contributed by atoms with Crippen molar-refractivity contribution in [2.24, 2.45) is 0 Å². The van der Waals surface area contributed by atoms with Crippen LogP contribution in [0.2, 0.25) is 0 Å². The van der Waals surface area contributed by atoms with Crippen LogP contribution < -0.4 is 4.90 Å². The second kappa shape index (κ2) is 12.2. The molecule has 2 aromatic rings. The topological polar surface area (TPSA) is 90.7 Å². The molecule has 1 aliphatic carbocycles. The van der Waals surface area contributed by atoms with Crippen LogP contribution >= 0.6 is 0 Å². The van der Waals surface area contributed by atoms with Crippen LogP contribution in [0.5, 0.6) is 0 Å². The molecule has 0 aliphatic heterocycles. The molecule has 0 aromatic heterocycles. The minimum Gasteiger partial charge on any atom is -0.452 e. The van der Waals surface area contributed by atoms with Gasteiger partial charge in [-0.2, -0.15) is 5.26 Å². The number of aryl methyl sites for hydroxylation is 2. The van der Waals surface area contributed by atoms with E-state index in [2.05, 4.69) is 6.07 Å². The van der Waals surface area contributed by atoms with Crippen molar-refractivity contribution in [3.05, 3.63) is 64.7 Å². The molecule has 0 spiro atoms. The molecule has 3 rings (SSSR count). The maximum Gasteiger partial charge on any atom is 0.339 e. The number of hydrogen-bond acceptors (Lipinski definition) is 5. The Balaban J connectivity index is 1.73. The lowest BCUT2D eigenvalue weighted by Crippen LogP contribution is -2.39. The van der Waals surface area contributed by atoms with Gasteiger partial charge in [-0.1, -0.05) is 37.5 Å². The van der Waals surface area contributed by atoms with Crippen molar-refractivity contribution in [1.29, 1.82) is 5.26 Å². The summed E-state index contributed by atoms with van der Waals surface area (Å²) < 4.78 is 5.37. The summed E-state index contributed by atoms with van der Waals surface area (Å²) in [7, 11) is 1.78. The maximum absolute atomic E-state index is 13.2. The average molecular weight is 476 g/mol. The third kappa shape index (κ3) is 6.69. The van der Waals surface area contributed by atoms with E-state index in [-0.39, 0.29) is 36.0 Å². The molecule has 1 aliphatic rings. The molecular formula is C28H33N3O4. The highest BCUT2D eigenvalue weighted by Crippen LogP contribution is 2.24. The molecule has 2 aromatic carbocycles. The van der Waals surface area contributed by atoms with Crippen molar-refractivity contribution < 1.29 is 19.1 Å². The normalized spacial score (nSPS) is 13.5. The number of rotatable bonds is 8. The van der Waals surface area contributed by atoms with Crippen LogP contribution in [0.25, 0.3) is 0 Å². The average Bonchev–Trinajstić information content (AvgIpc) is 2.86. The lowest BCUT2D eigenvalue weighted by atomic mass is 9.94. The zero-order valence-electron chi connectivity index (χ0n) is 20.8. The summed E-state index contributed by atoms with van der Waals surface area (Å²) in [4.78, 5) is 42.3. The molecular weight excluding hydrogens is 442 g/mol. The van der Waals surface area contributed by atoms with Crippen molar-refractivity contribution in [2.75, 3.05) is 25.1 Å². The van der Waals surface area contributed by atoms with E-state index < -0.39 is 18.5 Å². The number of benzene rings is 2. The Morgan fingerprint density at radius 2 is 1.63 bits per heavy atom. The van der Waals surface area contributed by atoms with Crippen molar-refractivity contribution in [3.63, 3.8) is 0 Å². The van der Waals surface area contributed by atoms with Crippen LogP contribution in [-0.2, 0) is 9.53 Å². The predicted octanol–water partition coefficient (Wildman–Crippen LogP) is 4.81. The van der Waals surface area contributed by atoms with Gasteiger partial charge in [-0.3, -0.25) is 9.59 Å². The van der Waals surface area contributed by atoms with E-state index >= 15 is 0 Å². The van der Waals surface area contributed by atoms with Gasteiger partial charge >= 0.3 is 5.97 Å². The minimum atomic E-state index is -0.722. The lowest BCUT2D eigenvalue weighted by molar-refractivity contribution is -0.121. The highest BCUT2D eigenvalue weighted by Gasteiger charge is 2.27. The number of carbonyl (C=O) groups is 3. The summed E-state index contributed by atoms with van der Waals surface area (Å²) in [6, 6.07) is 14.5. The van der Waals surface area contributed by atoms with Crippen molar-refractivity contribution in [3.8, 4) is 6.07 Å². The van der Waals surface area contributed by atoms with Gasteiger partial charge in [0.15, 0.2) is 6.61 Å². The van der Waals surface area contributed by atoms with E-state index in [1.54, 1.807) is 36.2 Å². The smallest absolute Gasteiger partial charge is 0.339 e. The standard InChI is InChI=1S/C28H33N3O4/c1-20-16-21(2)18-23(17-20)31(15-9-14-29)26(32)19-35-28(34)25-13-8-7-12-24(25)27(33)30(3)22-10-5-4-6-11-22/h7-8,12-13,16-18,22H,4-6,9-11,15,19H2,1-3H3. The van der Waals surface area contributed by atoms with Crippen LogP contribution in [-0.4, -0.2) is 48.9 Å². The van der Waals surface area contributed by atoms with E-state index in [4.69, 9.17) is 10.00 Å². The Hall–Kier alpha value is -3.66. The van der Waals surface area contributed by atoms with E-state index in [1.807, 2.05) is 32.0 Å². The second-order valence-electron chi connectivity index (χ2n) is 9.13. The molecule has 35 heavy (non-hydrogen) atoms. The first-order chi connectivity index (χ1) is 16.8. The fraction of sp³-hybridized carbons (Fsp3) is 0.429. The number of nitrogens with zero attached hydrogens (tertiary/aromatic N) is 3. The van der Waals surface area contributed by atoms with Crippen LogP contribution in [0, 0.1) is 25.2 Å². The summed E-state index contributed by atoms with van der Waals surface area (Å²) in [6.45, 7) is 3.57. The van der Waals surface area contributed by atoms with Gasteiger partial charge in [0.25, 0.3) is 11.8 Å². The van der Waals surface area contributed by atoms with Crippen molar-refractivity contribution in [2.45, 2.75) is 58.4 Å². The number of esters is 1. The molecule has 2 amide bonds. The Morgan fingerprint density at radius 3 is 2.26 bits per heavy atom. The molecule has 0 radical (unpaired) electrons. The predicted molar refractivity (Wildman–Crippen MR) is 134 cm³/mol. The molecule has 1 saturated carbocycles. The zero-order valence-corrected chi connectivity index (χ0v) is 20.8. The van der Waals surface area contributed by atoms with E-state index in [1.165, 1.54) is 11.3 Å². The van der Waals surface area contributed by atoms with Crippen LogP contribution in [0.15, 0.2) is 42.5 Å². The van der Waals surface area contributed by atoms with Gasteiger partial charge in [0, 0.05) is 25.3 Å². The van der Waals surface area contributed by atoms with Gasteiger partial charge in [0.1, 0.15) is 0 Å². The Bertz CT molecular complexity index is 1100. The number of anilines is 1. The van der Waals surface area contributed by atoms with E-state index in [0.717, 1.165) is 36.8 Å². The van der Waals surface area contributed by atoms with E-state index in [0.29, 0.717) is 5.69 Å². The molecule has 7 heteroatoms. The maximum atomic E-state index is 13.2. The SMILES string of the molecule is Cc1cc(C)cc(N(CCC#N)C(=O)COC(=O)c2ccccc2C(=O)N(C)C2CCCCC2)c1. The van der Waals surface area contributed by atoms with Gasteiger partial charge in [-0.25, -0.2) is 4.79 Å². The molecule has 0 bridgehead atoms. The molecule has 0 N–H and O–H groups in total. The first kappa shape index (κ1) is 26.0. The fourth-order valence-corrected chi connectivity index (χ4v) is 4.62. The quantitative estimate of drug-likeness (QED) is 0.511. The number of ether oxygens (including phenoxy) is 1. The van der Waals surface area contributed by atoms with Gasteiger partial charge < -0.3 is 14.5 Å². The molecule has 0 atom stereocenters. The number of carbonyl (C=O) groups excluding carboxylic acids is 3. The molecule has 184 valence electrons. The van der Waals surface area contributed by atoms with Crippen molar-refractivity contribution >= 4 is 23.5 Å². The molecule has 1 fully saturated rings. The highest BCUT2D eigenvalue weighted by atomic mass is 16.5. The molecule has 7 nitrogen and oxygen atoms in total. The fourth-order valence-electron chi connectivity index (χ4n) is 4.62. The zero-order chi connectivity index (χ0) is 25.4. The van der Waals surface area contributed by atoms with Gasteiger partial charge in [0.05, 0.1) is 23.6 Å². The highest BCUT2D eigenvalue weighted by molar-refractivity contribution is 6.06. The van der Waals surface area contributed by atoms with Crippen LogP contribution in [0.4, 0.5) is 5.69 Å². The Morgan fingerprint density at radius 1 is 1.00 bits per heavy atom. The Labute approximate surface area is 207 Å². The number of hydrogen-bond donors (Lipinski definition) is 0. The molecule has 0 heterocycles. The third-order valence-corrected chi connectivity index (χ3v) is 6.41.